The first-order valence-electron chi connectivity index (χ1n) is 2.89. The van der Waals surface area contributed by atoms with Crippen molar-refractivity contribution < 1.29 is 4.92 Å². The first-order chi connectivity index (χ1) is 5.25. The van der Waals surface area contributed by atoms with Gasteiger partial charge in [0.2, 0.25) is 0 Å². The molecule has 1 aromatic rings. The van der Waals surface area contributed by atoms with Gasteiger partial charge in [-0.25, -0.2) is 0 Å². The molecule has 0 aliphatic rings. The number of pyridine rings is 1. The summed E-state index contributed by atoms with van der Waals surface area (Å²) >= 11 is 5.43. The van der Waals surface area contributed by atoms with Gasteiger partial charge in [0, 0.05) is 18.5 Å². The minimum absolute atomic E-state index is 0.0231. The molecule has 4 nitrogen and oxygen atoms in total. The van der Waals surface area contributed by atoms with Gasteiger partial charge >= 0.3 is 0 Å². The molecule has 0 saturated carbocycles. The van der Waals surface area contributed by atoms with E-state index in [-0.39, 0.29) is 11.6 Å². The van der Waals surface area contributed by atoms with Crippen LogP contribution in [0.25, 0.3) is 0 Å². The van der Waals surface area contributed by atoms with Crippen molar-refractivity contribution in [2.24, 2.45) is 0 Å². The van der Waals surface area contributed by atoms with E-state index in [2.05, 4.69) is 4.98 Å². The number of aromatic nitrogens is 1. The summed E-state index contributed by atoms with van der Waals surface area (Å²) in [5.74, 6) is 0.115. The van der Waals surface area contributed by atoms with E-state index in [4.69, 9.17) is 11.6 Å². The molecule has 1 aromatic heterocycles. The molecule has 0 bridgehead atoms. The standard InChI is InChI=1S/C6H5ClN2O2/c7-3-5-4-8-2-1-6(5)9(10)11/h1-2,4H,3H2. The van der Waals surface area contributed by atoms with Crippen molar-refractivity contribution in [3.63, 3.8) is 0 Å². The molecule has 0 N–H and O–H groups in total. The van der Waals surface area contributed by atoms with Gasteiger partial charge < -0.3 is 0 Å². The fourth-order valence-electron chi connectivity index (χ4n) is 0.701. The van der Waals surface area contributed by atoms with Crippen molar-refractivity contribution in [1.82, 2.24) is 4.98 Å². The van der Waals surface area contributed by atoms with Crippen LogP contribution in [-0.2, 0) is 5.88 Å². The molecule has 58 valence electrons. The maximum Gasteiger partial charge on any atom is 0.276 e. The van der Waals surface area contributed by atoms with Crippen LogP contribution in [-0.4, -0.2) is 9.91 Å². The Bertz CT molecular complexity index is 277. The monoisotopic (exact) mass is 172 g/mol. The zero-order valence-corrected chi connectivity index (χ0v) is 6.28. The Labute approximate surface area is 68.0 Å². The molecule has 0 amide bonds. The molecule has 0 fully saturated rings. The Hall–Kier alpha value is -1.16. The molecule has 0 aliphatic carbocycles. The Morgan fingerprint density at radius 2 is 2.45 bits per heavy atom. The second-order valence-corrected chi connectivity index (χ2v) is 2.16. The number of alkyl halides is 1. The molecule has 1 rings (SSSR count). The second-order valence-electron chi connectivity index (χ2n) is 1.90. The van der Waals surface area contributed by atoms with Crippen LogP contribution in [0.3, 0.4) is 0 Å². The lowest BCUT2D eigenvalue weighted by Crippen LogP contribution is -1.93. The number of nitro groups is 1. The van der Waals surface area contributed by atoms with Crippen molar-refractivity contribution in [2.75, 3.05) is 0 Å². The summed E-state index contributed by atoms with van der Waals surface area (Å²) in [4.78, 5) is 13.5. The third kappa shape index (κ3) is 1.65. The van der Waals surface area contributed by atoms with Crippen molar-refractivity contribution in [3.8, 4) is 0 Å². The molecule has 0 unspecified atom stereocenters. The number of hydrogen-bond donors (Lipinski definition) is 0. The van der Waals surface area contributed by atoms with Gasteiger partial charge in [0.25, 0.3) is 5.69 Å². The average molecular weight is 173 g/mol. The summed E-state index contributed by atoms with van der Waals surface area (Å²) in [6, 6.07) is 1.33. The predicted molar refractivity (Wildman–Crippen MR) is 40.4 cm³/mol. The average Bonchev–Trinajstić information content (AvgIpc) is 2.04. The number of rotatable bonds is 2. The molecular weight excluding hydrogens is 168 g/mol. The van der Waals surface area contributed by atoms with Gasteiger partial charge in [0.15, 0.2) is 0 Å². The van der Waals surface area contributed by atoms with Gasteiger partial charge in [-0.05, 0) is 0 Å². The number of nitrogens with zero attached hydrogens (tertiary/aromatic N) is 2. The highest BCUT2D eigenvalue weighted by atomic mass is 35.5. The van der Waals surface area contributed by atoms with Crippen LogP contribution >= 0.6 is 11.6 Å². The van der Waals surface area contributed by atoms with Crippen molar-refractivity contribution in [3.05, 3.63) is 34.1 Å². The Kier molecular flexibility index (Phi) is 2.38. The summed E-state index contributed by atoms with van der Waals surface area (Å²) in [6.45, 7) is 0. The second kappa shape index (κ2) is 3.30. The van der Waals surface area contributed by atoms with Crippen LogP contribution in [0.15, 0.2) is 18.5 Å². The maximum absolute atomic E-state index is 10.3. The Morgan fingerprint density at radius 1 is 1.73 bits per heavy atom. The zero-order chi connectivity index (χ0) is 8.27. The minimum Gasteiger partial charge on any atom is -0.264 e. The topological polar surface area (TPSA) is 56.0 Å². The SMILES string of the molecule is O=[N+]([O-])c1ccncc1CCl. The molecule has 0 radical (unpaired) electrons. The Morgan fingerprint density at radius 3 is 2.91 bits per heavy atom. The Balaban J connectivity index is 3.12. The van der Waals surface area contributed by atoms with E-state index in [1.807, 2.05) is 0 Å². The first-order valence-corrected chi connectivity index (χ1v) is 3.42. The molecule has 1 heterocycles. The van der Waals surface area contributed by atoms with Gasteiger partial charge in [-0.3, -0.25) is 15.1 Å². The van der Waals surface area contributed by atoms with Crippen molar-refractivity contribution in [1.29, 1.82) is 0 Å². The quantitative estimate of drug-likeness (QED) is 0.388. The molecule has 5 heteroatoms. The number of halogens is 1. The lowest BCUT2D eigenvalue weighted by atomic mass is 10.3. The van der Waals surface area contributed by atoms with E-state index in [1.165, 1.54) is 18.5 Å². The lowest BCUT2D eigenvalue weighted by molar-refractivity contribution is -0.385. The van der Waals surface area contributed by atoms with Crippen LogP contribution in [0.2, 0.25) is 0 Å². The predicted octanol–water partition coefficient (Wildman–Crippen LogP) is 1.73. The largest absolute Gasteiger partial charge is 0.276 e. The molecule has 0 aromatic carbocycles. The third-order valence-electron chi connectivity index (χ3n) is 1.22. The van der Waals surface area contributed by atoms with Crippen LogP contribution < -0.4 is 0 Å². The van der Waals surface area contributed by atoms with E-state index in [0.717, 1.165) is 0 Å². The van der Waals surface area contributed by atoms with Crippen LogP contribution in [0, 0.1) is 10.1 Å². The number of hydrogen-bond acceptors (Lipinski definition) is 3. The molecule has 0 atom stereocenters. The minimum atomic E-state index is -0.473. The zero-order valence-electron chi connectivity index (χ0n) is 5.53. The summed E-state index contributed by atoms with van der Waals surface area (Å²) < 4.78 is 0. The van der Waals surface area contributed by atoms with Gasteiger partial charge in [-0.2, -0.15) is 0 Å². The van der Waals surface area contributed by atoms with E-state index in [0.29, 0.717) is 5.56 Å². The van der Waals surface area contributed by atoms with Crippen molar-refractivity contribution in [2.45, 2.75) is 5.88 Å². The summed E-state index contributed by atoms with van der Waals surface area (Å²) in [5.41, 5.74) is 0.467. The van der Waals surface area contributed by atoms with Crippen LogP contribution in [0.5, 0.6) is 0 Å². The summed E-state index contributed by atoms with van der Waals surface area (Å²) in [7, 11) is 0. The first kappa shape index (κ1) is 7.94. The fourth-order valence-corrected chi connectivity index (χ4v) is 0.907. The van der Waals surface area contributed by atoms with E-state index in [1.54, 1.807) is 0 Å². The van der Waals surface area contributed by atoms with E-state index in [9.17, 15) is 10.1 Å². The lowest BCUT2D eigenvalue weighted by Gasteiger charge is -1.94. The smallest absolute Gasteiger partial charge is 0.264 e. The van der Waals surface area contributed by atoms with Crippen LogP contribution in [0.4, 0.5) is 5.69 Å². The highest BCUT2D eigenvalue weighted by Crippen LogP contribution is 2.17. The van der Waals surface area contributed by atoms with Gasteiger partial charge in [-0.15, -0.1) is 11.6 Å². The van der Waals surface area contributed by atoms with E-state index < -0.39 is 4.92 Å². The van der Waals surface area contributed by atoms with Gasteiger partial charge in [0.05, 0.1) is 16.4 Å². The van der Waals surface area contributed by atoms with Gasteiger partial charge in [-0.1, -0.05) is 0 Å². The highest BCUT2D eigenvalue weighted by Gasteiger charge is 2.10. The normalized spacial score (nSPS) is 9.55. The maximum atomic E-state index is 10.3. The molecule has 11 heavy (non-hydrogen) atoms. The third-order valence-corrected chi connectivity index (χ3v) is 1.51. The summed E-state index contributed by atoms with van der Waals surface area (Å²) in [6.07, 6.45) is 2.76. The molecule has 0 spiro atoms. The van der Waals surface area contributed by atoms with Gasteiger partial charge in [0.1, 0.15) is 0 Å². The molecular formula is C6H5ClN2O2. The fraction of sp³-hybridized carbons (Fsp3) is 0.167. The molecule has 0 saturated heterocycles. The highest BCUT2D eigenvalue weighted by molar-refractivity contribution is 6.17. The van der Waals surface area contributed by atoms with Crippen LogP contribution in [0.1, 0.15) is 5.56 Å². The van der Waals surface area contributed by atoms with Crippen molar-refractivity contribution >= 4 is 17.3 Å². The van der Waals surface area contributed by atoms with E-state index >= 15 is 0 Å². The summed E-state index contributed by atoms with van der Waals surface area (Å²) in [5, 5.41) is 10.3. The molecule has 0 aliphatic heterocycles.